The zero-order valence-electron chi connectivity index (χ0n) is 24.6. The van der Waals surface area contributed by atoms with Crippen LogP contribution in [0.3, 0.4) is 0 Å². The van der Waals surface area contributed by atoms with E-state index in [-0.39, 0.29) is 26.6 Å². The van der Waals surface area contributed by atoms with E-state index in [0.29, 0.717) is 28.4 Å². The van der Waals surface area contributed by atoms with E-state index in [4.69, 9.17) is 9.47 Å². The Hall–Kier alpha value is -3.90. The molecule has 0 aromatic heterocycles. The number of benzene rings is 4. The van der Waals surface area contributed by atoms with E-state index in [0.717, 1.165) is 18.4 Å². The van der Waals surface area contributed by atoms with Gasteiger partial charge in [0.25, 0.3) is 0 Å². The molecule has 0 fully saturated rings. The Morgan fingerprint density at radius 3 is 1.41 bits per heavy atom. The second kappa shape index (κ2) is 11.9. The van der Waals surface area contributed by atoms with E-state index in [1.165, 1.54) is 0 Å². The standard InChI is InChI=1S/C35H38O5S/c1-7-35(6,8-2)27-13-21-31(22-14-27)41(37,38)32-23-19-29(20-24-32)39-28-15-9-25(10-16-28)33(36)26-11-17-30(18-12-26)40-34(3,4)5/h9-24H,7-8H2,1-6H3. The number of carbonyl (C=O) groups excluding carboxylic acids is 1. The molecule has 4 aromatic carbocycles. The van der Waals surface area contributed by atoms with Gasteiger partial charge in [-0.05, 0) is 130 Å². The molecule has 0 heterocycles. The lowest BCUT2D eigenvalue weighted by Gasteiger charge is -2.27. The molecule has 0 aliphatic carbocycles. The van der Waals surface area contributed by atoms with Gasteiger partial charge in [-0.2, -0.15) is 0 Å². The maximum atomic E-state index is 13.2. The summed E-state index contributed by atoms with van der Waals surface area (Å²) in [4.78, 5) is 13.4. The summed E-state index contributed by atoms with van der Waals surface area (Å²) >= 11 is 0. The highest BCUT2D eigenvalue weighted by Gasteiger charge is 2.24. The Morgan fingerprint density at radius 1 is 0.610 bits per heavy atom. The summed E-state index contributed by atoms with van der Waals surface area (Å²) in [7, 11) is -3.66. The van der Waals surface area contributed by atoms with Crippen molar-refractivity contribution in [1.82, 2.24) is 0 Å². The van der Waals surface area contributed by atoms with E-state index in [9.17, 15) is 13.2 Å². The molecule has 4 rings (SSSR count). The van der Waals surface area contributed by atoms with Crippen molar-refractivity contribution in [3.63, 3.8) is 0 Å². The molecule has 41 heavy (non-hydrogen) atoms. The average molecular weight is 571 g/mol. The quantitative estimate of drug-likeness (QED) is 0.178. The molecule has 0 aliphatic rings. The third-order valence-corrected chi connectivity index (χ3v) is 9.23. The van der Waals surface area contributed by atoms with Crippen LogP contribution in [0.1, 0.15) is 75.9 Å². The van der Waals surface area contributed by atoms with Gasteiger partial charge in [0.1, 0.15) is 22.8 Å². The lowest BCUT2D eigenvalue weighted by atomic mass is 9.78. The third-order valence-electron chi connectivity index (χ3n) is 7.45. The Kier molecular flexibility index (Phi) is 8.74. The largest absolute Gasteiger partial charge is 0.488 e. The summed E-state index contributed by atoms with van der Waals surface area (Å²) in [5.74, 6) is 1.64. The first kappa shape index (κ1) is 30.1. The molecule has 214 valence electrons. The molecule has 0 atom stereocenters. The van der Waals surface area contributed by atoms with Crippen molar-refractivity contribution in [1.29, 1.82) is 0 Å². The minimum absolute atomic E-state index is 0.0275. The maximum Gasteiger partial charge on any atom is 0.206 e. The topological polar surface area (TPSA) is 69.7 Å². The molecule has 5 nitrogen and oxygen atoms in total. The van der Waals surface area contributed by atoms with E-state index in [1.54, 1.807) is 84.9 Å². The van der Waals surface area contributed by atoms with Crippen molar-refractivity contribution in [3.05, 3.63) is 114 Å². The van der Waals surface area contributed by atoms with Gasteiger partial charge in [-0.25, -0.2) is 8.42 Å². The number of hydrogen-bond acceptors (Lipinski definition) is 5. The molecule has 0 aliphatic heterocycles. The first-order valence-electron chi connectivity index (χ1n) is 13.9. The van der Waals surface area contributed by atoms with Crippen LogP contribution in [0.5, 0.6) is 17.2 Å². The van der Waals surface area contributed by atoms with Crippen LogP contribution in [-0.2, 0) is 15.3 Å². The van der Waals surface area contributed by atoms with Gasteiger partial charge < -0.3 is 9.47 Å². The SMILES string of the molecule is CCC(C)(CC)c1ccc(S(=O)(=O)c2ccc(Oc3ccc(C(=O)c4ccc(OC(C)(C)C)cc4)cc3)cc2)cc1. The molecule has 0 saturated heterocycles. The number of rotatable bonds is 10. The molecule has 0 saturated carbocycles. The van der Waals surface area contributed by atoms with Gasteiger partial charge >= 0.3 is 0 Å². The number of ether oxygens (including phenoxy) is 2. The summed E-state index contributed by atoms with van der Waals surface area (Å²) < 4.78 is 38.2. The van der Waals surface area contributed by atoms with Crippen LogP contribution in [0, 0.1) is 0 Å². The fourth-order valence-corrected chi connectivity index (χ4v) is 5.78. The van der Waals surface area contributed by atoms with E-state index in [1.807, 2.05) is 32.9 Å². The summed E-state index contributed by atoms with van der Waals surface area (Å²) in [6.45, 7) is 12.4. The van der Waals surface area contributed by atoms with Gasteiger partial charge in [0.15, 0.2) is 5.78 Å². The second-order valence-electron chi connectivity index (χ2n) is 11.5. The minimum Gasteiger partial charge on any atom is -0.488 e. The fraction of sp³-hybridized carbons (Fsp3) is 0.286. The van der Waals surface area contributed by atoms with Crippen molar-refractivity contribution in [2.24, 2.45) is 0 Å². The Morgan fingerprint density at radius 2 is 1.00 bits per heavy atom. The van der Waals surface area contributed by atoms with E-state index in [2.05, 4.69) is 20.8 Å². The zero-order chi connectivity index (χ0) is 29.8. The lowest BCUT2D eigenvalue weighted by molar-refractivity contribution is 0.103. The predicted molar refractivity (Wildman–Crippen MR) is 163 cm³/mol. The normalized spacial score (nSPS) is 12.1. The lowest BCUT2D eigenvalue weighted by Crippen LogP contribution is -2.22. The first-order chi connectivity index (χ1) is 19.3. The average Bonchev–Trinajstić information content (AvgIpc) is 2.97. The summed E-state index contributed by atoms with van der Waals surface area (Å²) in [5, 5.41) is 0. The molecular formula is C35H38O5S. The highest BCUT2D eigenvalue weighted by atomic mass is 32.2. The van der Waals surface area contributed by atoms with Gasteiger partial charge in [0.05, 0.1) is 9.79 Å². The van der Waals surface area contributed by atoms with Gasteiger partial charge in [-0.15, -0.1) is 0 Å². The first-order valence-corrected chi connectivity index (χ1v) is 15.4. The smallest absolute Gasteiger partial charge is 0.206 e. The van der Waals surface area contributed by atoms with Gasteiger partial charge in [0, 0.05) is 11.1 Å². The zero-order valence-corrected chi connectivity index (χ0v) is 25.4. The number of carbonyl (C=O) groups is 1. The van der Waals surface area contributed by atoms with Crippen molar-refractivity contribution in [2.75, 3.05) is 0 Å². The molecule has 0 amide bonds. The van der Waals surface area contributed by atoms with Crippen molar-refractivity contribution in [2.45, 2.75) is 75.2 Å². The monoisotopic (exact) mass is 570 g/mol. The maximum absolute atomic E-state index is 13.2. The van der Waals surface area contributed by atoms with Crippen LogP contribution in [0.4, 0.5) is 0 Å². The van der Waals surface area contributed by atoms with Crippen LogP contribution < -0.4 is 9.47 Å². The number of ketones is 1. The third kappa shape index (κ3) is 7.06. The molecule has 0 radical (unpaired) electrons. The van der Waals surface area contributed by atoms with E-state index < -0.39 is 9.84 Å². The van der Waals surface area contributed by atoms with Crippen LogP contribution in [-0.4, -0.2) is 19.8 Å². The van der Waals surface area contributed by atoms with Crippen LogP contribution in [0.25, 0.3) is 0 Å². The minimum atomic E-state index is -3.66. The summed E-state index contributed by atoms with van der Waals surface area (Å²) in [6.07, 6.45) is 1.97. The van der Waals surface area contributed by atoms with Crippen LogP contribution >= 0.6 is 0 Å². The molecule has 0 unspecified atom stereocenters. The Bertz CT molecular complexity index is 1570. The summed E-state index contributed by atoms with van der Waals surface area (Å²) in [5.41, 5.74) is 1.96. The van der Waals surface area contributed by atoms with Crippen molar-refractivity contribution in [3.8, 4) is 17.2 Å². The van der Waals surface area contributed by atoms with Crippen molar-refractivity contribution < 1.29 is 22.7 Å². The summed E-state index contributed by atoms with van der Waals surface area (Å²) in [6, 6.07) is 27.5. The van der Waals surface area contributed by atoms with Gasteiger partial charge in [-0.3, -0.25) is 4.79 Å². The van der Waals surface area contributed by atoms with E-state index >= 15 is 0 Å². The predicted octanol–water partition coefficient (Wildman–Crippen LogP) is 8.80. The van der Waals surface area contributed by atoms with Crippen LogP contribution in [0.2, 0.25) is 0 Å². The highest BCUT2D eigenvalue weighted by molar-refractivity contribution is 7.91. The number of hydrogen-bond donors (Lipinski definition) is 0. The highest BCUT2D eigenvalue weighted by Crippen LogP contribution is 2.33. The van der Waals surface area contributed by atoms with Gasteiger partial charge in [-0.1, -0.05) is 32.9 Å². The molecule has 6 heteroatoms. The second-order valence-corrected chi connectivity index (χ2v) is 13.4. The molecule has 0 N–H and O–H groups in total. The molecule has 0 spiro atoms. The fourth-order valence-electron chi connectivity index (χ4n) is 4.52. The van der Waals surface area contributed by atoms with Crippen molar-refractivity contribution >= 4 is 15.6 Å². The Labute approximate surface area is 244 Å². The molecule has 4 aromatic rings. The molecule has 0 bridgehead atoms. The van der Waals surface area contributed by atoms with Gasteiger partial charge in [0.2, 0.25) is 9.84 Å². The van der Waals surface area contributed by atoms with Crippen LogP contribution in [0.15, 0.2) is 107 Å². The Balaban J connectivity index is 1.42. The number of sulfone groups is 1. The molecular weight excluding hydrogens is 532 g/mol.